The molecule has 1 aromatic rings. The minimum atomic E-state index is -0.166. The summed E-state index contributed by atoms with van der Waals surface area (Å²) in [4.78, 5) is 17.3. The number of nitrogens with one attached hydrogen (secondary N) is 1. The molecule has 0 amide bonds. The molecule has 0 aliphatic carbocycles. The number of nitrogens with zero attached hydrogens (tertiary/aromatic N) is 2. The van der Waals surface area contributed by atoms with E-state index < -0.39 is 0 Å². The summed E-state index contributed by atoms with van der Waals surface area (Å²) in [6.45, 7) is 1.44. The third kappa shape index (κ3) is 8.41. The Balaban J connectivity index is 0.00000484. The lowest BCUT2D eigenvalue weighted by Gasteiger charge is -2.22. The van der Waals surface area contributed by atoms with Crippen LogP contribution in [0.25, 0.3) is 0 Å². The molecular weight excluding hydrogens is 429 g/mol. The van der Waals surface area contributed by atoms with Gasteiger partial charge in [-0.3, -0.25) is 9.79 Å². The Bertz CT molecular complexity index is 512. The number of methoxy groups -OCH3 is 1. The van der Waals surface area contributed by atoms with Crippen molar-refractivity contribution in [3.8, 4) is 0 Å². The fourth-order valence-electron chi connectivity index (χ4n) is 2.04. The van der Waals surface area contributed by atoms with E-state index in [0.29, 0.717) is 13.0 Å². The molecule has 1 N–H and O–H groups in total. The van der Waals surface area contributed by atoms with Crippen molar-refractivity contribution < 1.29 is 9.53 Å². The van der Waals surface area contributed by atoms with Crippen LogP contribution in [0.1, 0.15) is 24.8 Å². The second-order valence-electron chi connectivity index (χ2n) is 4.95. The third-order valence-electron chi connectivity index (χ3n) is 3.26. The summed E-state index contributed by atoms with van der Waals surface area (Å²) in [5.41, 5.74) is 1.06. The Morgan fingerprint density at radius 3 is 2.65 bits per heavy atom. The lowest BCUT2D eigenvalue weighted by molar-refractivity contribution is -0.140. The van der Waals surface area contributed by atoms with Gasteiger partial charge in [0.05, 0.1) is 7.11 Å². The second-order valence-corrected chi connectivity index (χ2v) is 5.36. The maximum Gasteiger partial charge on any atom is 0.305 e. The van der Waals surface area contributed by atoms with Crippen LogP contribution in [0.2, 0.25) is 5.02 Å². The predicted molar refractivity (Wildman–Crippen MR) is 106 cm³/mol. The number of benzene rings is 1. The molecule has 130 valence electrons. The van der Waals surface area contributed by atoms with Crippen molar-refractivity contribution in [1.29, 1.82) is 0 Å². The maximum atomic E-state index is 11.0. The van der Waals surface area contributed by atoms with Gasteiger partial charge in [0.2, 0.25) is 0 Å². The van der Waals surface area contributed by atoms with E-state index in [2.05, 4.69) is 15.0 Å². The molecule has 0 fully saturated rings. The highest BCUT2D eigenvalue weighted by Crippen LogP contribution is 2.16. The van der Waals surface area contributed by atoms with Crippen molar-refractivity contribution in [2.75, 3.05) is 27.7 Å². The average Bonchev–Trinajstić information content (AvgIpc) is 2.52. The molecule has 0 heterocycles. The number of hydrogen-bond donors (Lipinski definition) is 1. The summed E-state index contributed by atoms with van der Waals surface area (Å²) in [7, 11) is 5.12. The average molecular weight is 454 g/mol. The Hall–Kier alpha value is -1.02. The molecule has 0 saturated carbocycles. The summed E-state index contributed by atoms with van der Waals surface area (Å²) in [5, 5.41) is 4.03. The minimum Gasteiger partial charge on any atom is -0.469 e. The minimum absolute atomic E-state index is 0. The van der Waals surface area contributed by atoms with Gasteiger partial charge in [0.25, 0.3) is 0 Å². The van der Waals surface area contributed by atoms with Crippen LogP contribution in [0.3, 0.4) is 0 Å². The zero-order chi connectivity index (χ0) is 16.4. The molecule has 0 spiro atoms. The fraction of sp³-hybridized carbons (Fsp3) is 0.500. The number of hydrogen-bond acceptors (Lipinski definition) is 3. The number of aliphatic imine (C=N–C) groups is 1. The lowest BCUT2D eigenvalue weighted by Crippen LogP contribution is -2.38. The summed E-state index contributed by atoms with van der Waals surface area (Å²) >= 11 is 6.17. The SMILES string of the molecule is CN=C(NCCCCC(=O)OC)N(C)Cc1ccccc1Cl.I. The lowest BCUT2D eigenvalue weighted by atomic mass is 10.2. The molecule has 1 rings (SSSR count). The zero-order valence-electron chi connectivity index (χ0n) is 13.8. The van der Waals surface area contributed by atoms with E-state index in [1.807, 2.05) is 36.2 Å². The zero-order valence-corrected chi connectivity index (χ0v) is 16.9. The standard InChI is InChI=1S/C16H24ClN3O2.HI/c1-18-16(19-11-7-6-10-15(21)22-3)20(2)12-13-8-4-5-9-14(13)17;/h4-5,8-9H,6-7,10-12H2,1-3H3,(H,18,19);1H. The first-order valence-corrected chi connectivity index (χ1v) is 7.68. The highest BCUT2D eigenvalue weighted by atomic mass is 127. The molecule has 0 atom stereocenters. The molecule has 0 saturated heterocycles. The number of carbonyl (C=O) groups is 1. The molecule has 0 aliphatic rings. The van der Waals surface area contributed by atoms with Gasteiger partial charge < -0.3 is 15.0 Å². The highest BCUT2D eigenvalue weighted by molar-refractivity contribution is 14.0. The van der Waals surface area contributed by atoms with E-state index in [1.54, 1.807) is 7.05 Å². The van der Waals surface area contributed by atoms with Gasteiger partial charge in [-0.05, 0) is 24.5 Å². The monoisotopic (exact) mass is 453 g/mol. The van der Waals surface area contributed by atoms with Crippen molar-refractivity contribution in [3.63, 3.8) is 0 Å². The molecule has 5 nitrogen and oxygen atoms in total. The summed E-state index contributed by atoms with van der Waals surface area (Å²) in [6, 6.07) is 7.77. The van der Waals surface area contributed by atoms with Crippen LogP contribution in [0.5, 0.6) is 0 Å². The van der Waals surface area contributed by atoms with Gasteiger partial charge in [0, 0.05) is 38.6 Å². The Kier molecular flexibility index (Phi) is 11.9. The normalized spacial score (nSPS) is 10.7. The summed E-state index contributed by atoms with van der Waals surface area (Å²) < 4.78 is 4.61. The van der Waals surface area contributed by atoms with Crippen LogP contribution in [0.4, 0.5) is 0 Å². The first-order valence-electron chi connectivity index (χ1n) is 7.30. The molecule has 1 aromatic carbocycles. The topological polar surface area (TPSA) is 53.9 Å². The van der Waals surface area contributed by atoms with Crippen molar-refractivity contribution in [2.45, 2.75) is 25.8 Å². The molecule has 0 radical (unpaired) electrons. The number of ether oxygens (including phenoxy) is 1. The molecule has 0 unspecified atom stereocenters. The first kappa shape index (κ1) is 22.0. The molecule has 7 heteroatoms. The molecule has 0 aromatic heterocycles. The van der Waals surface area contributed by atoms with E-state index in [9.17, 15) is 4.79 Å². The molecular formula is C16H25ClIN3O2. The second kappa shape index (κ2) is 12.4. The van der Waals surface area contributed by atoms with Crippen LogP contribution in [-0.2, 0) is 16.1 Å². The summed E-state index contributed by atoms with van der Waals surface area (Å²) in [6.07, 6.45) is 2.13. The molecule has 0 aliphatic heterocycles. The number of carbonyl (C=O) groups excluding carboxylic acids is 1. The van der Waals surface area contributed by atoms with Crippen molar-refractivity contribution >= 4 is 47.5 Å². The van der Waals surface area contributed by atoms with E-state index >= 15 is 0 Å². The van der Waals surface area contributed by atoms with E-state index in [-0.39, 0.29) is 29.9 Å². The first-order chi connectivity index (χ1) is 10.6. The number of halogens is 2. The van der Waals surface area contributed by atoms with Gasteiger partial charge in [0.15, 0.2) is 5.96 Å². The number of rotatable bonds is 7. The van der Waals surface area contributed by atoms with E-state index in [4.69, 9.17) is 11.6 Å². The number of unbranched alkanes of at least 4 members (excludes halogenated alkanes) is 1. The smallest absolute Gasteiger partial charge is 0.305 e. The highest BCUT2D eigenvalue weighted by Gasteiger charge is 2.08. The van der Waals surface area contributed by atoms with Crippen molar-refractivity contribution in [3.05, 3.63) is 34.9 Å². The van der Waals surface area contributed by atoms with Crippen LogP contribution >= 0.6 is 35.6 Å². The Morgan fingerprint density at radius 1 is 1.35 bits per heavy atom. The quantitative estimate of drug-likeness (QED) is 0.226. The Morgan fingerprint density at radius 2 is 2.04 bits per heavy atom. The molecule has 0 bridgehead atoms. The molecule has 23 heavy (non-hydrogen) atoms. The van der Waals surface area contributed by atoms with Gasteiger partial charge in [-0.2, -0.15) is 0 Å². The number of esters is 1. The maximum absolute atomic E-state index is 11.0. The van der Waals surface area contributed by atoms with Crippen LogP contribution in [-0.4, -0.2) is 44.6 Å². The van der Waals surface area contributed by atoms with E-state index in [1.165, 1.54) is 7.11 Å². The van der Waals surface area contributed by atoms with Gasteiger partial charge >= 0.3 is 5.97 Å². The Labute approximate surface area is 160 Å². The third-order valence-corrected chi connectivity index (χ3v) is 3.63. The predicted octanol–water partition coefficient (Wildman–Crippen LogP) is 3.31. The van der Waals surface area contributed by atoms with Crippen LogP contribution < -0.4 is 5.32 Å². The largest absolute Gasteiger partial charge is 0.469 e. The van der Waals surface area contributed by atoms with Gasteiger partial charge in [-0.1, -0.05) is 29.8 Å². The van der Waals surface area contributed by atoms with E-state index in [0.717, 1.165) is 35.9 Å². The van der Waals surface area contributed by atoms with Crippen LogP contribution in [0, 0.1) is 0 Å². The number of guanidine groups is 1. The van der Waals surface area contributed by atoms with Crippen molar-refractivity contribution in [1.82, 2.24) is 10.2 Å². The van der Waals surface area contributed by atoms with Gasteiger partial charge in [-0.25, -0.2) is 0 Å². The van der Waals surface area contributed by atoms with Crippen LogP contribution in [0.15, 0.2) is 29.3 Å². The summed E-state index contributed by atoms with van der Waals surface area (Å²) in [5.74, 6) is 0.637. The van der Waals surface area contributed by atoms with Gasteiger partial charge in [0.1, 0.15) is 0 Å². The van der Waals surface area contributed by atoms with Crippen molar-refractivity contribution in [2.24, 2.45) is 4.99 Å². The van der Waals surface area contributed by atoms with Gasteiger partial charge in [-0.15, -0.1) is 24.0 Å². The fourth-order valence-corrected chi connectivity index (χ4v) is 2.23.